The van der Waals surface area contributed by atoms with Gasteiger partial charge in [-0.15, -0.1) is 11.3 Å². The van der Waals surface area contributed by atoms with Crippen LogP contribution in [0.2, 0.25) is 0 Å². The van der Waals surface area contributed by atoms with Crippen LogP contribution in [-0.2, 0) is 10.0 Å². The van der Waals surface area contributed by atoms with Crippen molar-refractivity contribution in [3.8, 4) is 0 Å². The van der Waals surface area contributed by atoms with Gasteiger partial charge < -0.3 is 0 Å². The molecule has 3 rings (SSSR count). The Kier molecular flexibility index (Phi) is 6.23. The average molecular weight is 414 g/mol. The molecule has 0 aliphatic carbocycles. The molecule has 0 aliphatic rings. The highest BCUT2D eigenvalue weighted by molar-refractivity contribution is 7.94. The molecule has 1 aromatic heterocycles. The lowest BCUT2D eigenvalue weighted by atomic mass is 10.0. The van der Waals surface area contributed by atoms with E-state index in [1.807, 2.05) is 37.3 Å². The number of nitrogens with zero attached hydrogens (tertiary/aromatic N) is 1. The van der Waals surface area contributed by atoms with Gasteiger partial charge in [0.1, 0.15) is 4.21 Å². The number of carbonyl (C=O) groups is 1. The first-order chi connectivity index (χ1) is 13.5. The highest BCUT2D eigenvalue weighted by Crippen LogP contribution is 2.20. The number of nitrogens with one attached hydrogen (secondary N) is 2. The zero-order chi connectivity index (χ0) is 20.0. The molecular formula is C20H19N3O3S2. The fourth-order valence-corrected chi connectivity index (χ4v) is 4.48. The number of hydrogen-bond acceptors (Lipinski definition) is 5. The lowest BCUT2D eigenvalue weighted by Crippen LogP contribution is -2.18. The number of hydrogen-bond donors (Lipinski definition) is 2. The average Bonchev–Trinajstić information content (AvgIpc) is 3.25. The highest BCUT2D eigenvalue weighted by Gasteiger charge is 2.15. The fourth-order valence-electron chi connectivity index (χ4n) is 2.43. The Morgan fingerprint density at radius 3 is 2.39 bits per heavy atom. The van der Waals surface area contributed by atoms with Gasteiger partial charge in [-0.3, -0.25) is 9.52 Å². The quantitative estimate of drug-likeness (QED) is 0.452. The minimum atomic E-state index is -3.61. The van der Waals surface area contributed by atoms with E-state index in [-0.39, 0.29) is 16.0 Å². The van der Waals surface area contributed by atoms with Crippen molar-refractivity contribution in [2.45, 2.75) is 17.1 Å². The van der Waals surface area contributed by atoms with Crippen LogP contribution in [0.3, 0.4) is 0 Å². The normalized spacial score (nSPS) is 12.6. The molecule has 1 atom stereocenters. The second-order valence-electron chi connectivity index (χ2n) is 6.03. The molecule has 3 aromatic rings. The van der Waals surface area contributed by atoms with E-state index in [0.717, 1.165) is 16.9 Å². The third-order valence-electron chi connectivity index (χ3n) is 3.95. The van der Waals surface area contributed by atoms with E-state index in [4.69, 9.17) is 0 Å². The molecule has 2 aromatic carbocycles. The predicted octanol–water partition coefficient (Wildman–Crippen LogP) is 4.07. The molecule has 1 amide bonds. The van der Waals surface area contributed by atoms with Gasteiger partial charge in [-0.25, -0.2) is 13.8 Å². The number of benzene rings is 2. The first-order valence-corrected chi connectivity index (χ1v) is 10.9. The summed E-state index contributed by atoms with van der Waals surface area (Å²) in [6.45, 7) is 1.99. The maximum absolute atomic E-state index is 12.2. The van der Waals surface area contributed by atoms with Crippen LogP contribution < -0.4 is 10.1 Å². The van der Waals surface area contributed by atoms with E-state index in [2.05, 4.69) is 15.2 Å². The number of rotatable bonds is 7. The van der Waals surface area contributed by atoms with E-state index in [1.165, 1.54) is 30.3 Å². The number of carbonyl (C=O) groups excluding carboxylic acids is 1. The van der Waals surface area contributed by atoms with Crippen LogP contribution in [0.4, 0.5) is 5.69 Å². The van der Waals surface area contributed by atoms with Crippen molar-refractivity contribution in [1.82, 2.24) is 5.43 Å². The van der Waals surface area contributed by atoms with Gasteiger partial charge in [-0.1, -0.05) is 43.3 Å². The van der Waals surface area contributed by atoms with E-state index in [9.17, 15) is 13.2 Å². The summed E-state index contributed by atoms with van der Waals surface area (Å²) in [5.41, 5.74) is 4.34. The van der Waals surface area contributed by atoms with Gasteiger partial charge in [0.25, 0.3) is 15.9 Å². The molecule has 0 saturated heterocycles. The van der Waals surface area contributed by atoms with Gasteiger partial charge >= 0.3 is 0 Å². The van der Waals surface area contributed by atoms with Crippen LogP contribution in [0.25, 0.3) is 0 Å². The lowest BCUT2D eigenvalue weighted by molar-refractivity contribution is 0.0955. The monoisotopic (exact) mass is 413 g/mol. The Hall–Kier alpha value is -2.97. The molecule has 6 nitrogen and oxygen atoms in total. The molecule has 8 heteroatoms. The van der Waals surface area contributed by atoms with Crippen molar-refractivity contribution in [3.05, 3.63) is 83.2 Å². The number of amides is 1. The number of hydrazone groups is 1. The smallest absolute Gasteiger partial charge is 0.271 e. The molecule has 28 heavy (non-hydrogen) atoms. The number of sulfonamides is 1. The predicted molar refractivity (Wildman–Crippen MR) is 112 cm³/mol. The van der Waals surface area contributed by atoms with Gasteiger partial charge in [0.15, 0.2) is 0 Å². The molecule has 2 N–H and O–H groups in total. The highest BCUT2D eigenvalue weighted by atomic mass is 32.2. The van der Waals surface area contributed by atoms with E-state index in [1.54, 1.807) is 17.7 Å². The van der Waals surface area contributed by atoms with Gasteiger partial charge in [0.05, 0.1) is 0 Å². The first-order valence-electron chi connectivity index (χ1n) is 8.50. The Morgan fingerprint density at radius 2 is 1.75 bits per heavy atom. The summed E-state index contributed by atoms with van der Waals surface area (Å²) < 4.78 is 27.1. The zero-order valence-electron chi connectivity index (χ0n) is 15.1. The summed E-state index contributed by atoms with van der Waals surface area (Å²) in [5, 5.41) is 5.70. The van der Waals surface area contributed by atoms with Gasteiger partial charge in [-0.2, -0.15) is 5.10 Å². The minimum absolute atomic E-state index is 0.0653. The molecule has 1 heterocycles. The molecule has 0 fully saturated rings. The minimum Gasteiger partial charge on any atom is -0.279 e. The summed E-state index contributed by atoms with van der Waals surface area (Å²) in [5.74, 6) is -0.306. The van der Waals surface area contributed by atoms with Crippen LogP contribution >= 0.6 is 11.3 Å². The van der Waals surface area contributed by atoms with Crippen molar-refractivity contribution in [3.63, 3.8) is 0 Å². The first kappa shape index (κ1) is 19.8. The van der Waals surface area contributed by atoms with Crippen molar-refractivity contribution in [2.24, 2.45) is 5.10 Å². The molecule has 144 valence electrons. The van der Waals surface area contributed by atoms with Crippen LogP contribution in [-0.4, -0.2) is 20.5 Å². The Balaban J connectivity index is 1.59. The number of anilines is 1. The second-order valence-corrected chi connectivity index (χ2v) is 8.89. The fraction of sp³-hybridized carbons (Fsp3) is 0.100. The Labute approximate surface area is 168 Å². The van der Waals surface area contributed by atoms with Crippen molar-refractivity contribution < 1.29 is 13.2 Å². The van der Waals surface area contributed by atoms with Crippen LogP contribution in [0.15, 0.2) is 81.4 Å². The van der Waals surface area contributed by atoms with Gasteiger partial charge in [-0.05, 0) is 41.3 Å². The zero-order valence-corrected chi connectivity index (χ0v) is 16.7. The van der Waals surface area contributed by atoms with E-state index in [0.29, 0.717) is 11.3 Å². The molecule has 0 aliphatic heterocycles. The Morgan fingerprint density at radius 1 is 1.04 bits per heavy atom. The van der Waals surface area contributed by atoms with E-state index < -0.39 is 10.0 Å². The maximum Gasteiger partial charge on any atom is 0.271 e. The SMILES string of the molecule is C[C@@H](/C=N\NC(=O)c1ccc(NS(=O)(=O)c2cccs2)cc1)c1ccccc1. The molecular weight excluding hydrogens is 394 g/mol. The maximum atomic E-state index is 12.2. The van der Waals surface area contributed by atoms with Crippen LogP contribution in [0.1, 0.15) is 28.8 Å². The molecule has 0 spiro atoms. The summed E-state index contributed by atoms with van der Waals surface area (Å²) in [6.07, 6.45) is 1.66. The van der Waals surface area contributed by atoms with Gasteiger partial charge in [0.2, 0.25) is 0 Å². The summed E-state index contributed by atoms with van der Waals surface area (Å²) in [4.78, 5) is 12.2. The van der Waals surface area contributed by atoms with Crippen molar-refractivity contribution in [1.29, 1.82) is 0 Å². The standard InChI is InChI=1S/C20H19N3O3S2/c1-15(16-6-3-2-4-7-16)14-21-22-20(24)17-9-11-18(12-10-17)23-28(25,26)19-8-5-13-27-19/h2-15,23H,1H3,(H,22,24)/b21-14-/t15-/m0/s1. The number of thiophene rings is 1. The molecule has 0 bridgehead atoms. The van der Waals surface area contributed by atoms with Crippen LogP contribution in [0, 0.1) is 0 Å². The molecule has 0 saturated carbocycles. The Bertz CT molecular complexity index is 1050. The summed E-state index contributed by atoms with van der Waals surface area (Å²) in [6, 6.07) is 19.2. The van der Waals surface area contributed by atoms with Crippen LogP contribution in [0.5, 0.6) is 0 Å². The largest absolute Gasteiger partial charge is 0.279 e. The van der Waals surface area contributed by atoms with E-state index >= 15 is 0 Å². The van der Waals surface area contributed by atoms with Gasteiger partial charge in [0, 0.05) is 23.4 Å². The lowest BCUT2D eigenvalue weighted by Gasteiger charge is -2.07. The third kappa shape index (κ3) is 5.05. The molecule has 0 unspecified atom stereocenters. The second kappa shape index (κ2) is 8.81. The van der Waals surface area contributed by atoms with Crippen molar-refractivity contribution in [2.75, 3.05) is 4.72 Å². The third-order valence-corrected chi connectivity index (χ3v) is 6.73. The van der Waals surface area contributed by atoms with Crippen molar-refractivity contribution >= 4 is 39.2 Å². The molecule has 0 radical (unpaired) electrons. The topological polar surface area (TPSA) is 87.6 Å². The summed E-state index contributed by atoms with van der Waals surface area (Å²) in [7, 11) is -3.61. The summed E-state index contributed by atoms with van der Waals surface area (Å²) >= 11 is 1.14.